The molecule has 2 bridgehead atoms. The van der Waals surface area contributed by atoms with Gasteiger partial charge in [-0.2, -0.15) is 0 Å². The van der Waals surface area contributed by atoms with Gasteiger partial charge in [-0.3, -0.25) is 0 Å². The molecule has 4 saturated carbocycles. The molecule has 7 heteroatoms. The quantitative estimate of drug-likeness (QED) is 0.522. The van der Waals surface area contributed by atoms with Gasteiger partial charge in [-0.25, -0.2) is 4.79 Å². The predicted octanol–water partition coefficient (Wildman–Crippen LogP) is 4.57. The number of rotatable bonds is 3. The van der Waals surface area contributed by atoms with E-state index in [0.717, 1.165) is 24.3 Å². The normalized spacial score (nSPS) is 40.8. The molecule has 0 spiro atoms. The Bertz CT molecular complexity index is 973. The molecule has 6 aliphatic rings. The molecule has 6 atom stereocenters. The van der Waals surface area contributed by atoms with E-state index < -0.39 is 11.8 Å². The molecule has 3 unspecified atom stereocenters. The van der Waals surface area contributed by atoms with Crippen LogP contribution in [0.4, 0.5) is 0 Å². The van der Waals surface area contributed by atoms with Crippen molar-refractivity contribution in [2.45, 2.75) is 83.1 Å². The number of fused-ring (bicyclic) bond motifs is 1. The molecule has 6 nitrogen and oxygen atoms in total. The number of carbonyl (C=O) groups excluding carboxylic acids is 1. The molecule has 166 valence electrons. The highest BCUT2D eigenvalue weighted by Crippen LogP contribution is 2.68. The summed E-state index contributed by atoms with van der Waals surface area (Å²) in [6.07, 6.45) is 3.49. The number of cyclic esters (lactones) is 1. The third kappa shape index (κ3) is 2.62. The first-order chi connectivity index (χ1) is 14.5. The monoisotopic (exact) mass is 426 g/mol. The number of hydrogen-bond donors (Lipinski definition) is 0. The van der Waals surface area contributed by atoms with E-state index in [4.69, 9.17) is 23.5 Å². The van der Waals surface area contributed by atoms with Gasteiger partial charge in [-0.15, -0.1) is 0 Å². The Morgan fingerprint density at radius 1 is 1.06 bits per heavy atom. The third-order valence-electron chi connectivity index (χ3n) is 8.82. The molecule has 4 aliphatic carbocycles. The van der Waals surface area contributed by atoms with Crippen LogP contribution in [0.2, 0.25) is 5.82 Å². The summed E-state index contributed by atoms with van der Waals surface area (Å²) in [5, 5.41) is 0. The molecule has 2 heterocycles. The van der Waals surface area contributed by atoms with Crippen molar-refractivity contribution in [3.8, 4) is 11.5 Å². The maximum atomic E-state index is 12.7. The number of methoxy groups -OCH3 is 1. The van der Waals surface area contributed by atoms with Gasteiger partial charge in [-0.1, -0.05) is 19.9 Å². The zero-order valence-electron chi connectivity index (χ0n) is 19.2. The van der Waals surface area contributed by atoms with Crippen LogP contribution in [-0.2, 0) is 14.0 Å². The van der Waals surface area contributed by atoms with E-state index >= 15 is 0 Å². The second kappa shape index (κ2) is 5.99. The predicted molar refractivity (Wildman–Crippen MR) is 114 cm³/mol. The van der Waals surface area contributed by atoms with Crippen LogP contribution < -0.4 is 9.47 Å². The zero-order chi connectivity index (χ0) is 21.9. The Morgan fingerprint density at radius 2 is 1.84 bits per heavy atom. The maximum absolute atomic E-state index is 12.7. The van der Waals surface area contributed by atoms with Crippen molar-refractivity contribution in [3.63, 3.8) is 0 Å². The molecule has 5 fully saturated rings. The van der Waals surface area contributed by atoms with Crippen molar-refractivity contribution >= 4 is 13.1 Å². The summed E-state index contributed by atoms with van der Waals surface area (Å²) >= 11 is 0. The van der Waals surface area contributed by atoms with Gasteiger partial charge in [-0.05, 0) is 61.0 Å². The van der Waals surface area contributed by atoms with Crippen molar-refractivity contribution in [1.29, 1.82) is 0 Å². The highest BCUT2D eigenvalue weighted by molar-refractivity contribution is 6.49. The smallest absolute Gasteiger partial charge is 0.461 e. The third-order valence-corrected chi connectivity index (χ3v) is 8.82. The van der Waals surface area contributed by atoms with Crippen LogP contribution in [-0.4, -0.2) is 37.7 Å². The first-order valence-electron chi connectivity index (χ1n) is 11.5. The Hall–Kier alpha value is -1.73. The molecule has 1 aromatic rings. The first kappa shape index (κ1) is 19.9. The van der Waals surface area contributed by atoms with E-state index in [0.29, 0.717) is 28.4 Å². The van der Waals surface area contributed by atoms with Crippen LogP contribution in [0, 0.1) is 17.3 Å². The largest absolute Gasteiger partial charge is 0.496 e. The summed E-state index contributed by atoms with van der Waals surface area (Å²) in [6, 6.07) is 3.85. The SMILES string of the molecule is COc1ccc([C@H]2C[C@H]2B2OC3CC4CC(C4(C)C)[C@@]3(C)O2)c2c1C(=O)OC(C)(C)O2. The van der Waals surface area contributed by atoms with Crippen molar-refractivity contribution in [3.05, 3.63) is 23.3 Å². The molecule has 2 aliphatic heterocycles. The Labute approximate surface area is 184 Å². The number of carbonyl (C=O) groups is 1. The molecule has 31 heavy (non-hydrogen) atoms. The second-order valence-corrected chi connectivity index (χ2v) is 11.3. The van der Waals surface area contributed by atoms with Gasteiger partial charge in [0.1, 0.15) is 17.1 Å². The maximum Gasteiger partial charge on any atom is 0.461 e. The van der Waals surface area contributed by atoms with Crippen LogP contribution in [0.3, 0.4) is 0 Å². The van der Waals surface area contributed by atoms with Gasteiger partial charge in [0.2, 0.25) is 5.79 Å². The van der Waals surface area contributed by atoms with Crippen molar-refractivity contribution in [2.24, 2.45) is 17.3 Å². The summed E-state index contributed by atoms with van der Waals surface area (Å²) in [5.41, 5.74) is 1.53. The standard InChI is InChI=1S/C24H31BO6/c1-22(2)12-9-17(22)24(5)18(10-12)30-25(31-24)15-11-14(15)13-7-8-16(27-6)19-20(13)28-23(3,4)29-21(19)26/h7-8,12,14-15,17-18H,9-11H2,1-6H3/t12?,14-,15-,17?,18?,24-/m1/s1. The summed E-state index contributed by atoms with van der Waals surface area (Å²) < 4.78 is 30.2. The molecule has 1 aromatic carbocycles. The van der Waals surface area contributed by atoms with E-state index in [1.807, 2.05) is 12.1 Å². The lowest BCUT2D eigenvalue weighted by atomic mass is 9.43. The Kier molecular flexibility index (Phi) is 3.85. The fraction of sp³-hybridized carbons (Fsp3) is 0.708. The number of hydrogen-bond acceptors (Lipinski definition) is 6. The van der Waals surface area contributed by atoms with Crippen LogP contribution in [0.25, 0.3) is 0 Å². The van der Waals surface area contributed by atoms with Crippen molar-refractivity contribution in [2.75, 3.05) is 7.11 Å². The molecule has 0 aromatic heterocycles. The first-order valence-corrected chi connectivity index (χ1v) is 11.5. The molecule has 7 rings (SSSR count). The molecule has 1 saturated heterocycles. The summed E-state index contributed by atoms with van der Waals surface area (Å²) in [5.74, 6) is 1.44. The average molecular weight is 426 g/mol. The minimum absolute atomic E-state index is 0.186. The fourth-order valence-corrected chi connectivity index (χ4v) is 6.84. The zero-order valence-corrected chi connectivity index (χ0v) is 19.2. The van der Waals surface area contributed by atoms with Crippen molar-refractivity contribution in [1.82, 2.24) is 0 Å². The fourth-order valence-electron chi connectivity index (χ4n) is 6.84. The Morgan fingerprint density at radius 3 is 2.55 bits per heavy atom. The van der Waals surface area contributed by atoms with Gasteiger partial charge in [0.05, 0.1) is 18.8 Å². The molecule has 0 amide bonds. The van der Waals surface area contributed by atoms with Crippen LogP contribution >= 0.6 is 0 Å². The van der Waals surface area contributed by atoms with E-state index in [1.54, 1.807) is 21.0 Å². The highest BCUT2D eigenvalue weighted by Gasteiger charge is 2.70. The summed E-state index contributed by atoms with van der Waals surface area (Å²) in [7, 11) is 1.36. The van der Waals surface area contributed by atoms with E-state index in [-0.39, 0.29) is 30.6 Å². The topological polar surface area (TPSA) is 63.2 Å². The van der Waals surface area contributed by atoms with Gasteiger partial charge in [0.25, 0.3) is 0 Å². The van der Waals surface area contributed by atoms with E-state index in [1.165, 1.54) is 6.42 Å². The van der Waals surface area contributed by atoms with Gasteiger partial charge in [0.15, 0.2) is 0 Å². The van der Waals surface area contributed by atoms with Crippen LogP contribution in [0.5, 0.6) is 11.5 Å². The van der Waals surface area contributed by atoms with Gasteiger partial charge in [0, 0.05) is 19.7 Å². The minimum Gasteiger partial charge on any atom is -0.496 e. The molecular weight excluding hydrogens is 395 g/mol. The Balaban J connectivity index is 1.28. The molecule has 0 radical (unpaired) electrons. The number of benzene rings is 1. The summed E-state index contributed by atoms with van der Waals surface area (Å²) in [4.78, 5) is 12.7. The lowest BCUT2D eigenvalue weighted by Gasteiger charge is -2.64. The lowest BCUT2D eigenvalue weighted by Crippen LogP contribution is -2.65. The van der Waals surface area contributed by atoms with E-state index in [9.17, 15) is 4.79 Å². The lowest BCUT2D eigenvalue weighted by molar-refractivity contribution is -0.199. The summed E-state index contributed by atoms with van der Waals surface area (Å²) in [6.45, 7) is 10.5. The van der Waals surface area contributed by atoms with Crippen LogP contribution in [0.15, 0.2) is 12.1 Å². The van der Waals surface area contributed by atoms with E-state index in [2.05, 4.69) is 20.8 Å². The number of ether oxygens (including phenoxy) is 3. The minimum atomic E-state index is -1.01. The average Bonchev–Trinajstić information content (AvgIpc) is 3.39. The van der Waals surface area contributed by atoms with Crippen molar-refractivity contribution < 1.29 is 28.3 Å². The van der Waals surface area contributed by atoms with Gasteiger partial charge < -0.3 is 23.5 Å². The van der Waals surface area contributed by atoms with Gasteiger partial charge >= 0.3 is 13.1 Å². The molecule has 0 N–H and O–H groups in total. The highest BCUT2D eigenvalue weighted by atomic mass is 16.7. The van der Waals surface area contributed by atoms with Crippen LogP contribution in [0.1, 0.15) is 75.7 Å². The molecular formula is C24H31BO6. The number of esters is 1. The second-order valence-electron chi connectivity index (χ2n) is 11.3.